The fourth-order valence-electron chi connectivity index (χ4n) is 1.59. The first-order valence-electron chi connectivity index (χ1n) is 4.85. The number of hydrogen-bond donors (Lipinski definition) is 0. The largest absolute Gasteiger partial charge is 0.465 e. The van der Waals surface area contributed by atoms with E-state index in [2.05, 4.69) is 0 Å². The van der Waals surface area contributed by atoms with Crippen molar-refractivity contribution in [1.29, 1.82) is 0 Å². The highest BCUT2D eigenvalue weighted by molar-refractivity contribution is 6.41. The van der Waals surface area contributed by atoms with Crippen molar-refractivity contribution in [2.75, 3.05) is 6.61 Å². The van der Waals surface area contributed by atoms with Crippen molar-refractivity contribution < 1.29 is 19.1 Å². The highest BCUT2D eigenvalue weighted by Crippen LogP contribution is 2.26. The number of rotatable bonds is 4. The first-order valence-corrected chi connectivity index (χ1v) is 4.85. The average Bonchev–Trinajstić information content (AvgIpc) is 2.57. The van der Waals surface area contributed by atoms with E-state index in [4.69, 9.17) is 4.74 Å². The number of Topliss-reactive ketones (excluding diaryl/α,β-unsaturated/α-hetero) is 2. The Hall–Kier alpha value is -1.19. The van der Waals surface area contributed by atoms with Crippen LogP contribution in [0.3, 0.4) is 0 Å². The summed E-state index contributed by atoms with van der Waals surface area (Å²) in [7, 11) is 0. The SMILES string of the molecule is CCC(=O)C(=O)C1C(=O)OCC1CC. The van der Waals surface area contributed by atoms with Crippen LogP contribution in [0.25, 0.3) is 0 Å². The van der Waals surface area contributed by atoms with Crippen molar-refractivity contribution in [3.63, 3.8) is 0 Å². The van der Waals surface area contributed by atoms with Gasteiger partial charge in [0.25, 0.3) is 0 Å². The van der Waals surface area contributed by atoms with Crippen molar-refractivity contribution in [2.24, 2.45) is 11.8 Å². The molecule has 0 spiro atoms. The summed E-state index contributed by atoms with van der Waals surface area (Å²) in [6, 6.07) is 0. The molecule has 2 atom stereocenters. The van der Waals surface area contributed by atoms with Gasteiger partial charge in [0.2, 0.25) is 5.78 Å². The van der Waals surface area contributed by atoms with E-state index < -0.39 is 23.5 Å². The lowest BCUT2D eigenvalue weighted by atomic mass is 9.87. The normalized spacial score (nSPS) is 26.0. The van der Waals surface area contributed by atoms with E-state index in [9.17, 15) is 14.4 Å². The highest BCUT2D eigenvalue weighted by Gasteiger charge is 2.42. The van der Waals surface area contributed by atoms with Gasteiger partial charge in [-0.1, -0.05) is 13.8 Å². The van der Waals surface area contributed by atoms with Crippen LogP contribution in [0.1, 0.15) is 26.7 Å². The number of hydrogen-bond acceptors (Lipinski definition) is 4. The Bertz CT molecular complexity index is 269. The molecule has 4 heteroatoms. The predicted octanol–water partition coefficient (Wildman–Crippen LogP) is 0.734. The van der Waals surface area contributed by atoms with Crippen LogP contribution in [0.15, 0.2) is 0 Å². The van der Waals surface area contributed by atoms with Gasteiger partial charge in [-0.15, -0.1) is 0 Å². The maximum Gasteiger partial charge on any atom is 0.317 e. The average molecular weight is 198 g/mol. The predicted molar refractivity (Wildman–Crippen MR) is 48.5 cm³/mol. The van der Waals surface area contributed by atoms with Crippen LogP contribution in [-0.4, -0.2) is 24.1 Å². The summed E-state index contributed by atoms with van der Waals surface area (Å²) in [6.07, 6.45) is 0.832. The lowest BCUT2D eigenvalue weighted by Crippen LogP contribution is -2.31. The minimum absolute atomic E-state index is 0.120. The van der Waals surface area contributed by atoms with Crippen LogP contribution in [0.5, 0.6) is 0 Å². The van der Waals surface area contributed by atoms with Crippen LogP contribution in [0.2, 0.25) is 0 Å². The number of carbonyl (C=O) groups is 3. The second-order valence-electron chi connectivity index (χ2n) is 3.42. The molecule has 0 bridgehead atoms. The number of cyclic esters (lactones) is 1. The molecule has 0 aromatic heterocycles. The van der Waals surface area contributed by atoms with Gasteiger partial charge in [-0.05, 0) is 6.42 Å². The molecule has 1 aliphatic heterocycles. The lowest BCUT2D eigenvalue weighted by Gasteiger charge is -2.09. The van der Waals surface area contributed by atoms with E-state index in [-0.39, 0.29) is 18.9 Å². The standard InChI is InChI=1S/C10H14O4/c1-3-6-5-14-10(13)8(6)9(12)7(11)4-2/h6,8H,3-5H2,1-2H3. The topological polar surface area (TPSA) is 60.4 Å². The van der Waals surface area contributed by atoms with Gasteiger partial charge in [0.15, 0.2) is 5.78 Å². The first kappa shape index (κ1) is 10.9. The third-order valence-electron chi connectivity index (χ3n) is 2.57. The van der Waals surface area contributed by atoms with Crippen LogP contribution in [-0.2, 0) is 19.1 Å². The Balaban J connectivity index is 2.78. The Morgan fingerprint density at radius 1 is 1.43 bits per heavy atom. The number of carbonyl (C=O) groups excluding carboxylic acids is 3. The van der Waals surface area contributed by atoms with Crippen molar-refractivity contribution in [3.8, 4) is 0 Å². The van der Waals surface area contributed by atoms with Gasteiger partial charge in [0.1, 0.15) is 5.92 Å². The van der Waals surface area contributed by atoms with Crippen LogP contribution >= 0.6 is 0 Å². The van der Waals surface area contributed by atoms with E-state index in [0.717, 1.165) is 0 Å². The number of ether oxygens (including phenoxy) is 1. The molecule has 0 saturated carbocycles. The molecule has 0 aliphatic carbocycles. The summed E-state index contributed by atoms with van der Waals surface area (Å²) in [5.41, 5.74) is 0. The minimum atomic E-state index is -0.840. The third-order valence-corrected chi connectivity index (χ3v) is 2.57. The number of esters is 1. The second-order valence-corrected chi connectivity index (χ2v) is 3.42. The Morgan fingerprint density at radius 3 is 2.57 bits per heavy atom. The maximum absolute atomic E-state index is 11.5. The summed E-state index contributed by atoms with van der Waals surface area (Å²) in [5, 5.41) is 0. The molecule has 1 aliphatic rings. The van der Waals surface area contributed by atoms with Crippen LogP contribution in [0.4, 0.5) is 0 Å². The van der Waals surface area contributed by atoms with E-state index in [1.807, 2.05) is 6.92 Å². The molecule has 1 fully saturated rings. The van der Waals surface area contributed by atoms with E-state index in [1.165, 1.54) is 0 Å². The lowest BCUT2D eigenvalue weighted by molar-refractivity contribution is -0.148. The van der Waals surface area contributed by atoms with E-state index in [1.54, 1.807) is 6.92 Å². The maximum atomic E-state index is 11.5. The van der Waals surface area contributed by atoms with Gasteiger partial charge in [-0.3, -0.25) is 14.4 Å². The smallest absolute Gasteiger partial charge is 0.317 e. The molecule has 0 aromatic carbocycles. The summed E-state index contributed by atoms with van der Waals surface area (Å²) < 4.78 is 4.77. The molecular formula is C10H14O4. The molecule has 1 saturated heterocycles. The zero-order valence-electron chi connectivity index (χ0n) is 8.41. The van der Waals surface area contributed by atoms with Gasteiger partial charge in [-0.2, -0.15) is 0 Å². The summed E-state index contributed by atoms with van der Waals surface area (Å²) >= 11 is 0. The van der Waals surface area contributed by atoms with Gasteiger partial charge < -0.3 is 4.74 Å². The highest BCUT2D eigenvalue weighted by atomic mass is 16.5. The molecule has 1 rings (SSSR count). The molecule has 0 amide bonds. The monoisotopic (exact) mass is 198 g/mol. The summed E-state index contributed by atoms with van der Waals surface area (Å²) in [4.78, 5) is 33.9. The van der Waals surface area contributed by atoms with Crippen molar-refractivity contribution in [2.45, 2.75) is 26.7 Å². The van der Waals surface area contributed by atoms with Gasteiger partial charge >= 0.3 is 5.97 Å². The first-order chi connectivity index (χ1) is 6.61. The number of ketones is 2. The van der Waals surface area contributed by atoms with E-state index >= 15 is 0 Å². The van der Waals surface area contributed by atoms with Gasteiger partial charge in [0.05, 0.1) is 6.61 Å². The van der Waals surface area contributed by atoms with Gasteiger partial charge in [0, 0.05) is 12.3 Å². The molecule has 14 heavy (non-hydrogen) atoms. The zero-order chi connectivity index (χ0) is 10.7. The third kappa shape index (κ3) is 1.84. The van der Waals surface area contributed by atoms with Crippen LogP contribution in [0, 0.1) is 11.8 Å². The Kier molecular flexibility index (Phi) is 3.38. The molecule has 78 valence electrons. The van der Waals surface area contributed by atoms with Crippen molar-refractivity contribution in [1.82, 2.24) is 0 Å². The fraction of sp³-hybridized carbons (Fsp3) is 0.700. The van der Waals surface area contributed by atoms with E-state index in [0.29, 0.717) is 6.42 Å². The van der Waals surface area contributed by atoms with Crippen LogP contribution < -0.4 is 0 Å². The molecule has 0 radical (unpaired) electrons. The summed E-state index contributed by atoms with van der Waals surface area (Å²) in [6.45, 7) is 3.76. The zero-order valence-corrected chi connectivity index (χ0v) is 8.41. The molecule has 0 N–H and O–H groups in total. The Labute approximate surface area is 82.6 Å². The molecule has 4 nitrogen and oxygen atoms in total. The van der Waals surface area contributed by atoms with Crippen molar-refractivity contribution in [3.05, 3.63) is 0 Å². The molecule has 0 aromatic rings. The molecule has 2 unspecified atom stereocenters. The molecule has 1 heterocycles. The summed E-state index contributed by atoms with van der Waals surface area (Å²) in [5.74, 6) is -2.56. The van der Waals surface area contributed by atoms with Crippen molar-refractivity contribution >= 4 is 17.5 Å². The minimum Gasteiger partial charge on any atom is -0.465 e. The van der Waals surface area contributed by atoms with Gasteiger partial charge in [-0.25, -0.2) is 0 Å². The Morgan fingerprint density at radius 2 is 2.07 bits per heavy atom. The quantitative estimate of drug-likeness (QED) is 0.379. The fourth-order valence-corrected chi connectivity index (χ4v) is 1.59. The molecular weight excluding hydrogens is 184 g/mol. The second kappa shape index (κ2) is 4.35.